The van der Waals surface area contributed by atoms with Crippen molar-refractivity contribution in [2.75, 3.05) is 0 Å². The summed E-state index contributed by atoms with van der Waals surface area (Å²) in [6.07, 6.45) is 0.952. The summed E-state index contributed by atoms with van der Waals surface area (Å²) in [5.41, 5.74) is 2.01. The molecule has 1 unspecified atom stereocenters. The van der Waals surface area contributed by atoms with E-state index in [4.69, 9.17) is 0 Å². The van der Waals surface area contributed by atoms with Crippen molar-refractivity contribution in [2.24, 2.45) is 11.3 Å². The minimum atomic E-state index is -0.239. The molecule has 0 amide bonds. The SMILES string of the molecule is CC1(C)CC1C(=O)c1ccc2[nH]c(=O)[nH]c2c1. The van der Waals surface area contributed by atoms with E-state index < -0.39 is 0 Å². The third kappa shape index (κ3) is 1.60. The molecule has 0 aliphatic heterocycles. The van der Waals surface area contributed by atoms with Crippen molar-refractivity contribution in [1.82, 2.24) is 9.97 Å². The van der Waals surface area contributed by atoms with E-state index >= 15 is 0 Å². The Hall–Kier alpha value is -1.84. The van der Waals surface area contributed by atoms with E-state index in [0.29, 0.717) is 11.1 Å². The Labute approximate surface area is 98.0 Å². The predicted molar refractivity (Wildman–Crippen MR) is 65.1 cm³/mol. The number of hydrogen-bond donors (Lipinski definition) is 2. The normalized spacial score (nSPS) is 21.6. The summed E-state index contributed by atoms with van der Waals surface area (Å²) in [4.78, 5) is 28.6. The quantitative estimate of drug-likeness (QED) is 0.776. The van der Waals surface area contributed by atoms with Gasteiger partial charge < -0.3 is 9.97 Å². The lowest BCUT2D eigenvalue weighted by Gasteiger charge is -2.02. The highest BCUT2D eigenvalue weighted by Crippen LogP contribution is 2.53. The van der Waals surface area contributed by atoms with Gasteiger partial charge in [-0.05, 0) is 30.0 Å². The minimum absolute atomic E-state index is 0.130. The molecule has 4 heteroatoms. The molecule has 1 aromatic heterocycles. The average molecular weight is 230 g/mol. The number of ketones is 1. The van der Waals surface area contributed by atoms with E-state index in [0.717, 1.165) is 11.9 Å². The van der Waals surface area contributed by atoms with E-state index in [1.165, 1.54) is 0 Å². The fourth-order valence-electron chi connectivity index (χ4n) is 2.30. The third-order valence-electron chi connectivity index (χ3n) is 3.63. The molecular formula is C13H14N2O2. The van der Waals surface area contributed by atoms with Gasteiger partial charge in [-0.1, -0.05) is 13.8 Å². The first-order valence-electron chi connectivity index (χ1n) is 5.74. The first-order chi connectivity index (χ1) is 7.97. The maximum Gasteiger partial charge on any atom is 0.323 e. The Kier molecular flexibility index (Phi) is 1.88. The summed E-state index contributed by atoms with van der Waals surface area (Å²) in [5, 5.41) is 0. The first kappa shape index (κ1) is 10.3. The number of carbonyl (C=O) groups is 1. The van der Waals surface area contributed by atoms with Gasteiger partial charge in [0, 0.05) is 11.5 Å². The van der Waals surface area contributed by atoms with Crippen LogP contribution < -0.4 is 5.69 Å². The first-order valence-corrected chi connectivity index (χ1v) is 5.74. The largest absolute Gasteiger partial charge is 0.323 e. The molecule has 1 aromatic carbocycles. The molecule has 0 radical (unpaired) electrons. The number of Topliss-reactive ketones (excluding diaryl/α,β-unsaturated/α-hetero) is 1. The maximum atomic E-state index is 12.2. The lowest BCUT2D eigenvalue weighted by Crippen LogP contribution is -2.06. The molecule has 3 rings (SSSR count). The highest BCUT2D eigenvalue weighted by atomic mass is 16.1. The van der Waals surface area contributed by atoms with Crippen molar-refractivity contribution < 1.29 is 4.79 Å². The highest BCUT2D eigenvalue weighted by Gasteiger charge is 2.50. The van der Waals surface area contributed by atoms with Crippen molar-refractivity contribution in [3.63, 3.8) is 0 Å². The summed E-state index contributed by atoms with van der Waals surface area (Å²) in [7, 11) is 0. The van der Waals surface area contributed by atoms with Crippen LogP contribution in [0.3, 0.4) is 0 Å². The number of benzene rings is 1. The van der Waals surface area contributed by atoms with Crippen LogP contribution in [0.25, 0.3) is 11.0 Å². The molecular weight excluding hydrogens is 216 g/mol. The average Bonchev–Trinajstić information content (AvgIpc) is 2.73. The van der Waals surface area contributed by atoms with E-state index in [1.807, 2.05) is 0 Å². The number of hydrogen-bond acceptors (Lipinski definition) is 2. The molecule has 2 N–H and O–H groups in total. The summed E-state index contributed by atoms with van der Waals surface area (Å²) in [5.74, 6) is 0.310. The molecule has 88 valence electrons. The lowest BCUT2D eigenvalue weighted by molar-refractivity contribution is 0.0953. The second kappa shape index (κ2) is 3.09. The molecule has 0 saturated heterocycles. The van der Waals surface area contributed by atoms with Crippen LogP contribution in [0.5, 0.6) is 0 Å². The second-order valence-electron chi connectivity index (χ2n) is 5.45. The van der Waals surface area contributed by atoms with Gasteiger partial charge in [0.2, 0.25) is 0 Å². The number of H-pyrrole nitrogens is 2. The van der Waals surface area contributed by atoms with Gasteiger partial charge >= 0.3 is 5.69 Å². The van der Waals surface area contributed by atoms with Crippen molar-refractivity contribution in [3.05, 3.63) is 34.2 Å². The summed E-state index contributed by atoms with van der Waals surface area (Å²) in [6, 6.07) is 5.31. The van der Waals surface area contributed by atoms with Crippen molar-refractivity contribution in [1.29, 1.82) is 0 Å². The molecule has 2 aromatic rings. The molecule has 1 aliphatic carbocycles. The lowest BCUT2D eigenvalue weighted by atomic mass is 10.0. The number of rotatable bonds is 2. The smallest absolute Gasteiger partial charge is 0.306 e. The van der Waals surface area contributed by atoms with Gasteiger partial charge in [-0.2, -0.15) is 0 Å². The van der Waals surface area contributed by atoms with Gasteiger partial charge in [-0.15, -0.1) is 0 Å². The van der Waals surface area contributed by atoms with Crippen LogP contribution in [0, 0.1) is 11.3 Å². The van der Waals surface area contributed by atoms with Crippen LogP contribution in [0.15, 0.2) is 23.0 Å². The van der Waals surface area contributed by atoms with Gasteiger partial charge in [0.15, 0.2) is 5.78 Å². The number of carbonyl (C=O) groups excluding carboxylic acids is 1. The van der Waals surface area contributed by atoms with Crippen molar-refractivity contribution >= 4 is 16.8 Å². The van der Waals surface area contributed by atoms with Crippen LogP contribution in [-0.2, 0) is 0 Å². The molecule has 1 atom stereocenters. The minimum Gasteiger partial charge on any atom is -0.306 e. The van der Waals surface area contributed by atoms with Crippen LogP contribution in [0.1, 0.15) is 30.6 Å². The Morgan fingerprint density at radius 1 is 1.29 bits per heavy atom. The van der Waals surface area contributed by atoms with E-state index in [2.05, 4.69) is 23.8 Å². The molecule has 4 nitrogen and oxygen atoms in total. The van der Waals surface area contributed by atoms with E-state index in [9.17, 15) is 9.59 Å². The van der Waals surface area contributed by atoms with Gasteiger partial charge in [0.25, 0.3) is 0 Å². The summed E-state index contributed by atoms with van der Waals surface area (Å²) < 4.78 is 0. The van der Waals surface area contributed by atoms with Gasteiger partial charge in [0.1, 0.15) is 0 Å². The zero-order chi connectivity index (χ0) is 12.2. The van der Waals surface area contributed by atoms with Gasteiger partial charge in [-0.3, -0.25) is 4.79 Å². The monoisotopic (exact) mass is 230 g/mol. The molecule has 1 saturated carbocycles. The molecule has 1 heterocycles. The summed E-state index contributed by atoms with van der Waals surface area (Å²) in [6.45, 7) is 4.21. The van der Waals surface area contributed by atoms with Gasteiger partial charge in [0.05, 0.1) is 11.0 Å². The standard InChI is InChI=1S/C13H14N2O2/c1-13(2)6-8(13)11(16)7-3-4-9-10(5-7)15-12(17)14-9/h3-5,8H,6H2,1-2H3,(H2,14,15,17). The van der Waals surface area contributed by atoms with Crippen molar-refractivity contribution in [3.8, 4) is 0 Å². The van der Waals surface area contributed by atoms with Crippen LogP contribution >= 0.6 is 0 Å². The van der Waals surface area contributed by atoms with E-state index in [-0.39, 0.29) is 22.8 Å². The van der Waals surface area contributed by atoms with Crippen LogP contribution in [-0.4, -0.2) is 15.8 Å². The van der Waals surface area contributed by atoms with Crippen LogP contribution in [0.4, 0.5) is 0 Å². The van der Waals surface area contributed by atoms with E-state index in [1.54, 1.807) is 18.2 Å². The zero-order valence-electron chi connectivity index (χ0n) is 9.83. The topological polar surface area (TPSA) is 65.7 Å². The molecule has 0 bridgehead atoms. The zero-order valence-corrected chi connectivity index (χ0v) is 9.83. The Morgan fingerprint density at radius 2 is 1.94 bits per heavy atom. The predicted octanol–water partition coefficient (Wildman–Crippen LogP) is 2.08. The molecule has 17 heavy (non-hydrogen) atoms. The summed E-state index contributed by atoms with van der Waals surface area (Å²) >= 11 is 0. The highest BCUT2D eigenvalue weighted by molar-refractivity contribution is 6.02. The number of fused-ring (bicyclic) bond motifs is 1. The number of aromatic amines is 2. The van der Waals surface area contributed by atoms with Crippen LogP contribution in [0.2, 0.25) is 0 Å². The second-order valence-corrected chi connectivity index (χ2v) is 5.45. The molecule has 1 fully saturated rings. The fraction of sp³-hybridized carbons (Fsp3) is 0.385. The maximum absolute atomic E-state index is 12.2. The number of aromatic nitrogens is 2. The molecule has 0 spiro atoms. The Bertz CT molecular complexity index is 663. The Balaban J connectivity index is 2.01. The fourth-order valence-corrected chi connectivity index (χ4v) is 2.30. The van der Waals surface area contributed by atoms with Crippen molar-refractivity contribution in [2.45, 2.75) is 20.3 Å². The molecule has 1 aliphatic rings. The Morgan fingerprint density at radius 3 is 2.59 bits per heavy atom. The number of imidazole rings is 1. The number of nitrogens with one attached hydrogen (secondary N) is 2. The third-order valence-corrected chi connectivity index (χ3v) is 3.63. The van der Waals surface area contributed by atoms with Gasteiger partial charge in [-0.25, -0.2) is 4.79 Å².